The summed E-state index contributed by atoms with van der Waals surface area (Å²) in [7, 11) is 0. The molecule has 7 heteroatoms. The van der Waals surface area contributed by atoms with E-state index in [0.717, 1.165) is 41.6 Å². The number of anilines is 1. The van der Waals surface area contributed by atoms with Gasteiger partial charge in [-0.15, -0.1) is 0 Å². The average molecular weight is 563 g/mol. The number of rotatable bonds is 5. The molecule has 3 aliphatic heterocycles. The Bertz CT molecular complexity index is 1300. The molecule has 2 bridgehead atoms. The normalized spacial score (nSPS) is 36.9. The largest absolute Gasteiger partial charge is 0.481 e. The number of carboxylic acid groups (broad SMARTS) is 1. The number of piperidine rings is 2. The average Bonchev–Trinajstić information content (AvgIpc) is 2.89. The second kappa shape index (κ2) is 11.3. The lowest BCUT2D eigenvalue weighted by atomic mass is 9.68. The second-order valence-corrected chi connectivity index (χ2v) is 14.5. The molecule has 7 nitrogen and oxygen atoms in total. The second-order valence-electron chi connectivity index (χ2n) is 14.5. The fourth-order valence-corrected chi connectivity index (χ4v) is 9.43. The molecule has 0 amide bonds. The zero-order valence-electron chi connectivity index (χ0n) is 25.7. The summed E-state index contributed by atoms with van der Waals surface area (Å²) in [6.45, 7) is 12.9. The molecule has 1 aliphatic carbocycles. The zero-order chi connectivity index (χ0) is 29.0. The van der Waals surface area contributed by atoms with E-state index in [1.807, 2.05) is 29.2 Å². The lowest BCUT2D eigenvalue weighted by Crippen LogP contribution is -2.63. The third kappa shape index (κ3) is 5.32. The van der Waals surface area contributed by atoms with Crippen LogP contribution in [0.2, 0.25) is 0 Å². The van der Waals surface area contributed by atoms with Crippen LogP contribution in [0, 0.1) is 35.5 Å². The lowest BCUT2D eigenvalue weighted by molar-refractivity contribution is -0.142. The van der Waals surface area contributed by atoms with Crippen molar-refractivity contribution in [2.45, 2.75) is 110 Å². The summed E-state index contributed by atoms with van der Waals surface area (Å²) in [6.07, 6.45) is 9.81. The number of fused-ring (bicyclic) bond motifs is 3. The number of aromatic nitrogens is 2. The van der Waals surface area contributed by atoms with Crippen molar-refractivity contribution in [3.05, 3.63) is 34.6 Å². The van der Waals surface area contributed by atoms with Gasteiger partial charge in [0.15, 0.2) is 5.82 Å². The van der Waals surface area contributed by atoms with E-state index in [9.17, 15) is 14.7 Å². The summed E-state index contributed by atoms with van der Waals surface area (Å²) >= 11 is 0. The number of carboxylic acids is 1. The van der Waals surface area contributed by atoms with Crippen LogP contribution in [0.5, 0.6) is 0 Å². The van der Waals surface area contributed by atoms with Crippen molar-refractivity contribution in [3.63, 3.8) is 0 Å². The van der Waals surface area contributed by atoms with Crippen molar-refractivity contribution in [1.82, 2.24) is 14.5 Å². The molecule has 1 saturated carbocycles. The van der Waals surface area contributed by atoms with E-state index in [0.29, 0.717) is 48.9 Å². The predicted molar refractivity (Wildman–Crippen MR) is 164 cm³/mol. The summed E-state index contributed by atoms with van der Waals surface area (Å²) in [5.74, 6) is 2.75. The maximum atomic E-state index is 14.2. The van der Waals surface area contributed by atoms with Gasteiger partial charge < -0.3 is 14.6 Å². The van der Waals surface area contributed by atoms with Crippen molar-refractivity contribution in [2.24, 2.45) is 35.5 Å². The molecular weight excluding hydrogens is 512 g/mol. The van der Waals surface area contributed by atoms with Gasteiger partial charge in [-0.05, 0) is 86.7 Å². The zero-order valence-corrected chi connectivity index (χ0v) is 25.7. The van der Waals surface area contributed by atoms with Crippen LogP contribution in [-0.4, -0.2) is 56.7 Å². The highest BCUT2D eigenvalue weighted by Crippen LogP contribution is 2.48. The number of hydrogen-bond donors (Lipinski definition) is 1. The number of nitrogens with zero attached hydrogens (tertiary/aromatic N) is 4. The van der Waals surface area contributed by atoms with Crippen molar-refractivity contribution in [1.29, 1.82) is 0 Å². The van der Waals surface area contributed by atoms with E-state index in [-0.39, 0.29) is 11.6 Å². The molecule has 41 heavy (non-hydrogen) atoms. The van der Waals surface area contributed by atoms with Crippen molar-refractivity contribution in [2.75, 3.05) is 18.0 Å². The number of para-hydroxylation sites is 2. The standard InChI is InChI=1S/C34H50N4O3/c1-6-24-12-20(2)11-21(3)13-26(15-24)37-30-16-27(17-31(37)23(5)14-22(30)4)38-29-10-8-7-9-28(29)35-32(33(38)39)36-18-25(19-36)34(40)41/h7-10,20-27,30-31H,6,11-19H2,1-5H3,(H,40,41). The highest BCUT2D eigenvalue weighted by atomic mass is 16.4. The Morgan fingerprint density at radius 1 is 0.878 bits per heavy atom. The predicted octanol–water partition coefficient (Wildman–Crippen LogP) is 6.21. The van der Waals surface area contributed by atoms with E-state index in [4.69, 9.17) is 4.98 Å². The van der Waals surface area contributed by atoms with Crippen LogP contribution in [0.25, 0.3) is 11.0 Å². The van der Waals surface area contributed by atoms with Gasteiger partial charge in [-0.1, -0.05) is 53.2 Å². The van der Waals surface area contributed by atoms with Crippen LogP contribution in [0.4, 0.5) is 5.82 Å². The van der Waals surface area contributed by atoms with Crippen LogP contribution in [-0.2, 0) is 4.79 Å². The Labute approximate surface area is 245 Å². The summed E-state index contributed by atoms with van der Waals surface area (Å²) in [5.41, 5.74) is 1.68. The van der Waals surface area contributed by atoms with E-state index >= 15 is 0 Å². The SMILES string of the molecule is CCC1CC(C)CC(C)CC(N2C3CC(n4c(=O)c(N5CC(C(=O)O)C5)nc5ccccc54)CC2C(C)CC3C)C1. The molecule has 4 aliphatic rings. The van der Waals surface area contributed by atoms with E-state index in [1.165, 1.54) is 38.5 Å². The summed E-state index contributed by atoms with van der Waals surface area (Å²) in [6, 6.07) is 9.72. The van der Waals surface area contributed by atoms with Crippen LogP contribution in [0.3, 0.4) is 0 Å². The molecule has 0 spiro atoms. The fraction of sp³-hybridized carbons (Fsp3) is 0.735. The van der Waals surface area contributed by atoms with Gasteiger partial charge in [0.05, 0.1) is 17.0 Å². The first-order valence-corrected chi connectivity index (χ1v) is 16.4. The molecule has 224 valence electrons. The van der Waals surface area contributed by atoms with Crippen molar-refractivity contribution >= 4 is 22.8 Å². The van der Waals surface area contributed by atoms with Crippen LogP contribution >= 0.6 is 0 Å². The van der Waals surface area contributed by atoms with E-state index in [1.54, 1.807) is 0 Å². The highest BCUT2D eigenvalue weighted by Gasteiger charge is 2.49. The van der Waals surface area contributed by atoms with Crippen LogP contribution in [0.1, 0.15) is 92.0 Å². The first kappa shape index (κ1) is 28.7. The first-order chi connectivity index (χ1) is 19.6. The number of aliphatic carboxylic acids is 1. The van der Waals surface area contributed by atoms with Gasteiger partial charge in [0.25, 0.3) is 5.56 Å². The third-order valence-corrected chi connectivity index (χ3v) is 11.3. The Balaban J connectivity index is 1.36. The van der Waals surface area contributed by atoms with Gasteiger partial charge in [-0.25, -0.2) is 4.98 Å². The summed E-state index contributed by atoms with van der Waals surface area (Å²) in [5, 5.41) is 9.43. The lowest BCUT2D eigenvalue weighted by Gasteiger charge is -2.58. The topological polar surface area (TPSA) is 78.7 Å². The quantitative estimate of drug-likeness (QED) is 0.467. The number of carbonyl (C=O) groups is 1. The number of hydrogen-bond acceptors (Lipinski definition) is 5. The molecule has 4 heterocycles. The molecule has 3 saturated heterocycles. The van der Waals surface area contributed by atoms with E-state index < -0.39 is 11.9 Å². The minimum atomic E-state index is -0.797. The molecule has 1 aromatic carbocycles. The van der Waals surface area contributed by atoms with Crippen molar-refractivity contribution < 1.29 is 9.90 Å². The number of benzene rings is 1. The molecule has 1 N–H and O–H groups in total. The smallest absolute Gasteiger partial charge is 0.310 e. The van der Waals surface area contributed by atoms with Gasteiger partial charge >= 0.3 is 5.97 Å². The van der Waals surface area contributed by atoms with Gasteiger partial charge in [-0.3, -0.25) is 14.5 Å². The van der Waals surface area contributed by atoms with Crippen LogP contribution in [0.15, 0.2) is 29.1 Å². The maximum Gasteiger partial charge on any atom is 0.310 e. The highest BCUT2D eigenvalue weighted by molar-refractivity contribution is 5.78. The molecule has 8 atom stereocenters. The Morgan fingerprint density at radius 3 is 2.20 bits per heavy atom. The Morgan fingerprint density at radius 2 is 1.54 bits per heavy atom. The molecule has 8 unspecified atom stereocenters. The minimum absolute atomic E-state index is 0.0519. The van der Waals surface area contributed by atoms with E-state index in [2.05, 4.69) is 44.1 Å². The summed E-state index contributed by atoms with van der Waals surface area (Å²) in [4.78, 5) is 35.3. The van der Waals surface area contributed by atoms with Crippen molar-refractivity contribution in [3.8, 4) is 0 Å². The first-order valence-electron chi connectivity index (χ1n) is 16.4. The van der Waals surface area contributed by atoms with Gasteiger partial charge in [0.1, 0.15) is 0 Å². The van der Waals surface area contributed by atoms with Gasteiger partial charge in [0.2, 0.25) is 0 Å². The summed E-state index contributed by atoms with van der Waals surface area (Å²) < 4.78 is 2.06. The third-order valence-electron chi connectivity index (χ3n) is 11.3. The molecule has 4 fully saturated rings. The molecule has 0 radical (unpaired) electrons. The van der Waals surface area contributed by atoms with Gasteiger partial charge in [-0.2, -0.15) is 0 Å². The molecular formula is C34H50N4O3. The monoisotopic (exact) mass is 562 g/mol. The molecule has 6 rings (SSSR count). The van der Waals surface area contributed by atoms with Crippen LogP contribution < -0.4 is 10.5 Å². The van der Waals surface area contributed by atoms with Gasteiger partial charge in [0, 0.05) is 37.3 Å². The Kier molecular flexibility index (Phi) is 7.94. The molecule has 2 aromatic rings. The maximum absolute atomic E-state index is 14.2. The fourth-order valence-electron chi connectivity index (χ4n) is 9.43. The Hall–Kier alpha value is -2.41. The molecule has 1 aromatic heterocycles. The minimum Gasteiger partial charge on any atom is -0.481 e.